The van der Waals surface area contributed by atoms with E-state index in [1.807, 2.05) is 68.3 Å². The van der Waals surface area contributed by atoms with Gasteiger partial charge in [-0.05, 0) is 56.5 Å². The van der Waals surface area contributed by atoms with E-state index in [-0.39, 0.29) is 11.8 Å². The molecule has 1 aromatic carbocycles. The third kappa shape index (κ3) is 4.42. The molecule has 0 saturated carbocycles. The van der Waals surface area contributed by atoms with E-state index in [0.29, 0.717) is 30.5 Å². The van der Waals surface area contributed by atoms with Gasteiger partial charge in [-0.3, -0.25) is 4.79 Å². The fourth-order valence-electron chi connectivity index (χ4n) is 5.07. The van der Waals surface area contributed by atoms with E-state index in [0.717, 1.165) is 40.7 Å². The topological polar surface area (TPSA) is 99.2 Å². The number of aromatic nitrogens is 4. The van der Waals surface area contributed by atoms with Crippen molar-refractivity contribution in [3.05, 3.63) is 72.3 Å². The van der Waals surface area contributed by atoms with Crippen LogP contribution >= 0.6 is 0 Å². The van der Waals surface area contributed by atoms with E-state index in [9.17, 15) is 4.79 Å². The van der Waals surface area contributed by atoms with Gasteiger partial charge in [0.1, 0.15) is 23.5 Å². The number of hydrogen-bond acceptors (Lipinski definition) is 6. The van der Waals surface area contributed by atoms with Crippen molar-refractivity contribution in [1.82, 2.24) is 24.4 Å². The molecule has 2 N–H and O–H groups in total. The van der Waals surface area contributed by atoms with Gasteiger partial charge in [-0.25, -0.2) is 15.0 Å². The summed E-state index contributed by atoms with van der Waals surface area (Å²) in [7, 11) is 2.03. The Bertz CT molecular complexity index is 1430. The number of ether oxygens (including phenoxy) is 1. The fraction of sp³-hybridized carbons (Fsp3) is 0.286. The maximum atomic E-state index is 12.3. The predicted molar refractivity (Wildman–Crippen MR) is 141 cm³/mol. The number of nitrogens with two attached hydrogens (primary N) is 1. The van der Waals surface area contributed by atoms with Crippen LogP contribution in [-0.4, -0.2) is 43.4 Å². The Kier molecular flexibility index (Phi) is 6.41. The molecule has 8 nitrogen and oxygen atoms in total. The van der Waals surface area contributed by atoms with Crippen LogP contribution in [0.4, 0.5) is 5.82 Å². The van der Waals surface area contributed by atoms with Crippen molar-refractivity contribution in [2.45, 2.75) is 32.6 Å². The molecule has 1 amide bonds. The number of hydrogen-bond donors (Lipinski definition) is 1. The third-order valence-electron chi connectivity index (χ3n) is 6.77. The summed E-state index contributed by atoms with van der Waals surface area (Å²) in [5, 5.41) is 0.858. The predicted octanol–water partition coefficient (Wildman–Crippen LogP) is 5.00. The molecule has 1 fully saturated rings. The van der Waals surface area contributed by atoms with E-state index in [4.69, 9.17) is 10.5 Å². The van der Waals surface area contributed by atoms with Gasteiger partial charge >= 0.3 is 0 Å². The quantitative estimate of drug-likeness (QED) is 0.402. The lowest BCUT2D eigenvalue weighted by atomic mass is 9.88. The van der Waals surface area contributed by atoms with Crippen LogP contribution in [0, 0.1) is 6.92 Å². The van der Waals surface area contributed by atoms with Crippen LogP contribution in [-0.2, 0) is 11.8 Å². The van der Waals surface area contributed by atoms with Crippen molar-refractivity contribution in [2.24, 2.45) is 7.05 Å². The lowest BCUT2D eigenvalue weighted by Gasteiger charge is -2.32. The number of likely N-dealkylation sites (tertiary alicyclic amines) is 1. The number of nitrogens with zero attached hydrogens (tertiary/aromatic N) is 5. The number of benzene rings is 1. The van der Waals surface area contributed by atoms with E-state index in [1.54, 1.807) is 12.2 Å². The fourth-order valence-corrected chi connectivity index (χ4v) is 5.07. The Hall–Kier alpha value is -4.20. The number of carbonyl (C=O) groups is 1. The van der Waals surface area contributed by atoms with Gasteiger partial charge in [0, 0.05) is 49.1 Å². The van der Waals surface area contributed by atoms with Crippen molar-refractivity contribution in [2.75, 3.05) is 18.8 Å². The first-order valence-corrected chi connectivity index (χ1v) is 12.2. The summed E-state index contributed by atoms with van der Waals surface area (Å²) >= 11 is 0. The van der Waals surface area contributed by atoms with Crippen LogP contribution in [0.3, 0.4) is 0 Å². The van der Waals surface area contributed by atoms with Gasteiger partial charge < -0.3 is 19.9 Å². The molecule has 0 bridgehead atoms. The third-order valence-corrected chi connectivity index (χ3v) is 6.77. The highest BCUT2D eigenvalue weighted by Crippen LogP contribution is 2.43. The minimum atomic E-state index is 0.0713. The molecule has 0 radical (unpaired) electrons. The number of rotatable bonds is 5. The van der Waals surface area contributed by atoms with Crippen molar-refractivity contribution in [3.63, 3.8) is 0 Å². The number of anilines is 1. The smallest absolute Gasteiger partial charge is 0.246 e. The number of piperidine rings is 1. The average Bonchev–Trinajstić information content (AvgIpc) is 3.18. The molecule has 4 heterocycles. The van der Waals surface area contributed by atoms with Crippen LogP contribution in [0.15, 0.2) is 60.9 Å². The molecule has 0 spiro atoms. The average molecular weight is 483 g/mol. The van der Waals surface area contributed by atoms with Crippen LogP contribution in [0.5, 0.6) is 11.6 Å². The molecule has 3 aromatic heterocycles. The van der Waals surface area contributed by atoms with Gasteiger partial charge in [-0.1, -0.05) is 24.3 Å². The number of carbonyl (C=O) groups excluding carboxylic acids is 1. The zero-order valence-electron chi connectivity index (χ0n) is 20.8. The maximum Gasteiger partial charge on any atom is 0.246 e. The first kappa shape index (κ1) is 23.5. The molecule has 0 unspecified atom stereocenters. The summed E-state index contributed by atoms with van der Waals surface area (Å²) < 4.78 is 8.10. The Morgan fingerprint density at radius 3 is 2.56 bits per heavy atom. The Labute approximate surface area is 210 Å². The molecule has 1 saturated heterocycles. The van der Waals surface area contributed by atoms with Gasteiger partial charge in [0.15, 0.2) is 0 Å². The SMILES string of the molecule is C/C=C/C(=O)N1CCC(c2c(-c3ccc(Oc4cccc(C)n4)cc3)c3c(N)ncnc3n2C)CC1. The highest BCUT2D eigenvalue weighted by Gasteiger charge is 2.30. The maximum absolute atomic E-state index is 12.3. The second-order valence-corrected chi connectivity index (χ2v) is 9.12. The van der Waals surface area contributed by atoms with Gasteiger partial charge in [-0.15, -0.1) is 0 Å². The van der Waals surface area contributed by atoms with E-state index >= 15 is 0 Å². The number of nitrogen functional groups attached to an aromatic ring is 1. The lowest BCUT2D eigenvalue weighted by Crippen LogP contribution is -2.37. The zero-order valence-corrected chi connectivity index (χ0v) is 20.8. The van der Waals surface area contributed by atoms with Crippen molar-refractivity contribution in [3.8, 4) is 22.8 Å². The Morgan fingerprint density at radius 1 is 1.11 bits per heavy atom. The highest BCUT2D eigenvalue weighted by atomic mass is 16.5. The first-order chi connectivity index (χ1) is 17.5. The van der Waals surface area contributed by atoms with Crippen LogP contribution in [0.25, 0.3) is 22.2 Å². The zero-order chi connectivity index (χ0) is 25.2. The van der Waals surface area contributed by atoms with Crippen molar-refractivity contribution >= 4 is 22.8 Å². The molecular weight excluding hydrogens is 452 g/mol. The monoisotopic (exact) mass is 482 g/mol. The summed E-state index contributed by atoms with van der Waals surface area (Å²) in [6, 6.07) is 13.7. The number of fused-ring (bicyclic) bond motifs is 1. The first-order valence-electron chi connectivity index (χ1n) is 12.2. The molecule has 184 valence electrons. The summed E-state index contributed by atoms with van der Waals surface area (Å²) in [6.45, 7) is 5.23. The van der Waals surface area contributed by atoms with Crippen LogP contribution < -0.4 is 10.5 Å². The second-order valence-electron chi connectivity index (χ2n) is 9.12. The Balaban J connectivity index is 1.51. The van der Waals surface area contributed by atoms with E-state index in [1.165, 1.54) is 12.0 Å². The standard InChI is InChI=1S/C28H30N6O2/c1-4-6-23(35)34-15-13-20(14-16-34)26-24(25-27(29)30-17-31-28(25)33(26)3)19-9-11-21(12-10-19)36-22-8-5-7-18(2)32-22/h4-12,17,20H,13-16H2,1-3H3,(H2,29,30,31)/b6-4+. The van der Waals surface area contributed by atoms with Crippen LogP contribution in [0.1, 0.15) is 37.1 Å². The molecule has 8 heteroatoms. The number of pyridine rings is 1. The van der Waals surface area contributed by atoms with Crippen LogP contribution in [0.2, 0.25) is 0 Å². The van der Waals surface area contributed by atoms with Gasteiger partial charge in [0.25, 0.3) is 0 Å². The minimum Gasteiger partial charge on any atom is -0.439 e. The van der Waals surface area contributed by atoms with Gasteiger partial charge in [0.05, 0.1) is 5.39 Å². The minimum absolute atomic E-state index is 0.0713. The summed E-state index contributed by atoms with van der Waals surface area (Å²) in [4.78, 5) is 27.5. The van der Waals surface area contributed by atoms with Gasteiger partial charge in [0.2, 0.25) is 11.8 Å². The van der Waals surface area contributed by atoms with Gasteiger partial charge in [-0.2, -0.15) is 0 Å². The number of aryl methyl sites for hydroxylation is 2. The summed E-state index contributed by atoms with van der Waals surface area (Å²) in [5.74, 6) is 2.06. The van der Waals surface area contributed by atoms with Crippen molar-refractivity contribution in [1.29, 1.82) is 0 Å². The number of allylic oxidation sites excluding steroid dienone is 1. The van der Waals surface area contributed by atoms with E-state index < -0.39 is 0 Å². The molecule has 1 aliphatic rings. The number of amides is 1. The molecule has 36 heavy (non-hydrogen) atoms. The molecular formula is C28H30N6O2. The largest absolute Gasteiger partial charge is 0.439 e. The molecule has 1 aliphatic heterocycles. The molecule has 4 aromatic rings. The lowest BCUT2D eigenvalue weighted by molar-refractivity contribution is -0.127. The second kappa shape index (κ2) is 9.81. The molecule has 5 rings (SSSR count). The summed E-state index contributed by atoms with van der Waals surface area (Å²) in [5.41, 5.74) is 11.3. The van der Waals surface area contributed by atoms with Crippen molar-refractivity contribution < 1.29 is 9.53 Å². The highest BCUT2D eigenvalue weighted by molar-refractivity contribution is 6.02. The van der Waals surface area contributed by atoms with E-state index in [2.05, 4.69) is 19.5 Å². The Morgan fingerprint density at radius 2 is 1.86 bits per heavy atom. The normalized spacial score (nSPS) is 14.6. The summed E-state index contributed by atoms with van der Waals surface area (Å²) in [6.07, 6.45) is 6.67. The molecule has 0 aliphatic carbocycles. The molecule has 0 atom stereocenters.